The third-order valence-corrected chi connectivity index (χ3v) is 7.13. The first-order valence-electron chi connectivity index (χ1n) is 7.97. The van der Waals surface area contributed by atoms with Crippen LogP contribution in [-0.4, -0.2) is 34.8 Å². The van der Waals surface area contributed by atoms with E-state index in [1.165, 1.54) is 18.9 Å². The first kappa shape index (κ1) is 11.8. The maximum absolute atomic E-state index is 12.0. The minimum atomic E-state index is -0.0789. The van der Waals surface area contributed by atoms with Crippen LogP contribution in [0, 0.1) is 41.4 Å². The maximum atomic E-state index is 12.0. The second kappa shape index (κ2) is 3.66. The van der Waals surface area contributed by atoms with Gasteiger partial charge < -0.3 is 5.11 Å². The number of rotatable bonds is 1. The Morgan fingerprint density at radius 1 is 1.15 bits per heavy atom. The van der Waals surface area contributed by atoms with E-state index in [0.717, 1.165) is 12.3 Å². The fourth-order valence-corrected chi connectivity index (χ4v) is 6.80. The zero-order valence-corrected chi connectivity index (χ0v) is 11.5. The third-order valence-electron chi connectivity index (χ3n) is 7.13. The number of carbonyl (C=O) groups excluding carboxylic acids is 1. The lowest BCUT2D eigenvalue weighted by molar-refractivity contribution is -0.175. The normalized spacial score (nSPS) is 58.0. The Morgan fingerprint density at radius 3 is 2.80 bits per heavy atom. The topological polar surface area (TPSA) is 49.8 Å². The number of carbonyl (C=O) groups is 1. The lowest BCUT2D eigenvalue weighted by Crippen LogP contribution is -2.48. The highest BCUT2D eigenvalue weighted by Crippen LogP contribution is 2.70. The number of aliphatic hydroxyl groups excluding tert-OH is 1. The Morgan fingerprint density at radius 2 is 2.00 bits per heavy atom. The number of hydrogen-bond acceptors (Lipinski definition) is 3. The van der Waals surface area contributed by atoms with Crippen LogP contribution in [0.4, 0.5) is 0 Å². The summed E-state index contributed by atoms with van der Waals surface area (Å²) in [4.78, 5) is 17.7. The van der Waals surface area contributed by atoms with Gasteiger partial charge in [0.25, 0.3) is 5.91 Å². The van der Waals surface area contributed by atoms with E-state index >= 15 is 0 Å². The molecule has 5 rings (SSSR count). The Labute approximate surface area is 118 Å². The van der Waals surface area contributed by atoms with Crippen LogP contribution in [0.15, 0.2) is 12.7 Å². The molecule has 5 fully saturated rings. The van der Waals surface area contributed by atoms with Gasteiger partial charge in [-0.25, -0.2) is 5.06 Å². The zero-order chi connectivity index (χ0) is 13.6. The van der Waals surface area contributed by atoms with Gasteiger partial charge in [0.15, 0.2) is 0 Å². The van der Waals surface area contributed by atoms with E-state index in [9.17, 15) is 9.90 Å². The predicted molar refractivity (Wildman–Crippen MR) is 71.1 cm³/mol. The number of hydroxylamine groups is 2. The Balaban J connectivity index is 1.49. The Hall–Kier alpha value is -0.870. The Bertz CT molecular complexity index is 492. The highest BCUT2D eigenvalue weighted by molar-refractivity contribution is 5.86. The van der Waals surface area contributed by atoms with Crippen LogP contribution >= 0.6 is 0 Å². The van der Waals surface area contributed by atoms with E-state index in [0.29, 0.717) is 42.1 Å². The second-order valence-electron chi connectivity index (χ2n) is 7.50. The van der Waals surface area contributed by atoms with Gasteiger partial charge in [0.1, 0.15) is 0 Å². The molecule has 20 heavy (non-hydrogen) atoms. The molecule has 1 saturated heterocycles. The molecule has 9 atom stereocenters. The van der Waals surface area contributed by atoms with E-state index in [1.807, 2.05) is 0 Å². The van der Waals surface area contributed by atoms with Crippen molar-refractivity contribution >= 4 is 5.91 Å². The van der Waals surface area contributed by atoms with Crippen molar-refractivity contribution in [2.75, 3.05) is 6.61 Å². The van der Waals surface area contributed by atoms with Gasteiger partial charge in [-0.05, 0) is 60.8 Å². The molecule has 1 aliphatic heterocycles. The van der Waals surface area contributed by atoms with Crippen LogP contribution in [0.5, 0.6) is 0 Å². The molecule has 4 aliphatic carbocycles. The average molecular weight is 275 g/mol. The van der Waals surface area contributed by atoms with E-state index in [-0.39, 0.29) is 18.1 Å². The van der Waals surface area contributed by atoms with Crippen LogP contribution in [0.3, 0.4) is 0 Å². The number of hydrogen-bond donors (Lipinski definition) is 1. The summed E-state index contributed by atoms with van der Waals surface area (Å²) in [6.45, 7) is 4.27. The predicted octanol–water partition coefficient (Wildman–Crippen LogP) is 1.21. The molecule has 0 aromatic rings. The lowest BCUT2D eigenvalue weighted by Gasteiger charge is -2.42. The minimum Gasteiger partial charge on any atom is -0.393 e. The third kappa shape index (κ3) is 1.15. The summed E-state index contributed by atoms with van der Waals surface area (Å²) in [6, 6.07) is 0.281. The first-order chi connectivity index (χ1) is 9.70. The van der Waals surface area contributed by atoms with Crippen LogP contribution in [0.25, 0.3) is 0 Å². The monoisotopic (exact) mass is 275 g/mol. The van der Waals surface area contributed by atoms with Crippen molar-refractivity contribution in [1.29, 1.82) is 0 Å². The first-order valence-corrected chi connectivity index (χ1v) is 7.97. The van der Waals surface area contributed by atoms with Crippen molar-refractivity contribution in [3.8, 4) is 0 Å². The molecule has 0 spiro atoms. The molecule has 1 N–H and O–H groups in total. The molecule has 5 aliphatic rings. The van der Waals surface area contributed by atoms with Gasteiger partial charge in [0, 0.05) is 5.92 Å². The largest absolute Gasteiger partial charge is 0.393 e. The molecular formula is C16H21NO3. The summed E-state index contributed by atoms with van der Waals surface area (Å²) in [7, 11) is 0. The maximum Gasteiger partial charge on any atom is 0.269 e. The van der Waals surface area contributed by atoms with Gasteiger partial charge in [-0.3, -0.25) is 9.63 Å². The van der Waals surface area contributed by atoms with Crippen molar-refractivity contribution < 1.29 is 14.7 Å². The average Bonchev–Trinajstić information content (AvgIpc) is 3.18. The SMILES string of the molecule is C=CC(=O)N1OCC2C3CC(C4C5CC(O)C(C5)C34)C21. The van der Waals surface area contributed by atoms with Gasteiger partial charge in [-0.2, -0.15) is 0 Å². The standard InChI is InChI=1S/C16H21NO3/c1-2-13(19)17-16-10-5-8(11(16)6-20-17)15-9-3-7(14(10)15)4-12(9)18/h2,7-12,14-16,18H,1,3-6H2. The van der Waals surface area contributed by atoms with E-state index in [1.54, 1.807) is 5.06 Å². The molecule has 1 amide bonds. The summed E-state index contributed by atoms with van der Waals surface area (Å²) in [5.41, 5.74) is 0. The molecule has 0 aromatic carbocycles. The molecule has 4 saturated carbocycles. The van der Waals surface area contributed by atoms with Crippen LogP contribution in [0.2, 0.25) is 0 Å². The molecule has 4 nitrogen and oxygen atoms in total. The summed E-state index contributed by atoms with van der Waals surface area (Å²) >= 11 is 0. The van der Waals surface area contributed by atoms with Gasteiger partial charge in [0.05, 0.1) is 18.8 Å². The van der Waals surface area contributed by atoms with Gasteiger partial charge in [-0.15, -0.1) is 0 Å². The molecule has 1 heterocycles. The summed E-state index contributed by atoms with van der Waals surface area (Å²) in [5, 5.41) is 11.8. The van der Waals surface area contributed by atoms with E-state index in [2.05, 4.69) is 6.58 Å². The number of amides is 1. The van der Waals surface area contributed by atoms with Crippen LogP contribution in [-0.2, 0) is 9.63 Å². The Kier molecular flexibility index (Phi) is 2.15. The lowest BCUT2D eigenvalue weighted by atomic mass is 9.65. The van der Waals surface area contributed by atoms with Gasteiger partial charge >= 0.3 is 0 Å². The molecular weight excluding hydrogens is 254 g/mol. The van der Waals surface area contributed by atoms with Crippen molar-refractivity contribution in [1.82, 2.24) is 5.06 Å². The molecule has 108 valence electrons. The fourth-order valence-electron chi connectivity index (χ4n) is 6.80. The quantitative estimate of drug-likeness (QED) is 0.578. The summed E-state index contributed by atoms with van der Waals surface area (Å²) in [5.74, 6) is 4.35. The molecule has 4 heteroatoms. The molecule has 9 unspecified atom stereocenters. The van der Waals surface area contributed by atoms with Gasteiger partial charge in [-0.1, -0.05) is 6.58 Å². The summed E-state index contributed by atoms with van der Waals surface area (Å²) in [6.07, 6.45) is 4.76. The molecule has 0 radical (unpaired) electrons. The zero-order valence-electron chi connectivity index (χ0n) is 11.5. The van der Waals surface area contributed by atoms with Crippen molar-refractivity contribution in [3.05, 3.63) is 12.7 Å². The smallest absolute Gasteiger partial charge is 0.269 e. The highest BCUT2D eigenvalue weighted by atomic mass is 16.7. The summed E-state index contributed by atoms with van der Waals surface area (Å²) < 4.78 is 0. The number of aliphatic hydroxyl groups is 1. The minimum absolute atomic E-state index is 0.0627. The highest BCUT2D eigenvalue weighted by Gasteiger charge is 2.70. The van der Waals surface area contributed by atoms with Crippen LogP contribution < -0.4 is 0 Å². The van der Waals surface area contributed by atoms with Crippen molar-refractivity contribution in [2.24, 2.45) is 41.4 Å². The van der Waals surface area contributed by atoms with Crippen molar-refractivity contribution in [2.45, 2.75) is 31.4 Å². The fraction of sp³-hybridized carbons (Fsp3) is 0.812. The second-order valence-corrected chi connectivity index (χ2v) is 7.50. The molecule has 0 aromatic heterocycles. The van der Waals surface area contributed by atoms with E-state index < -0.39 is 0 Å². The molecule has 4 bridgehead atoms. The van der Waals surface area contributed by atoms with E-state index in [4.69, 9.17) is 4.84 Å². The van der Waals surface area contributed by atoms with Crippen molar-refractivity contribution in [3.63, 3.8) is 0 Å². The number of nitrogens with zero attached hydrogens (tertiary/aromatic N) is 1. The van der Waals surface area contributed by atoms with Gasteiger partial charge in [0.2, 0.25) is 0 Å². The van der Waals surface area contributed by atoms with Crippen LogP contribution in [0.1, 0.15) is 19.3 Å². The number of fused-ring (bicyclic) bond motifs is 12.